The van der Waals surface area contributed by atoms with E-state index in [-0.39, 0.29) is 5.56 Å². The van der Waals surface area contributed by atoms with Crippen LogP contribution in [0.1, 0.15) is 31.1 Å². The summed E-state index contributed by atoms with van der Waals surface area (Å²) >= 11 is 0. The van der Waals surface area contributed by atoms with Crippen molar-refractivity contribution < 1.29 is 29.7 Å². The van der Waals surface area contributed by atoms with Crippen LogP contribution < -0.4 is 0 Å². The number of benzene rings is 1. The van der Waals surface area contributed by atoms with E-state index in [1.807, 2.05) is 0 Å². The van der Waals surface area contributed by atoms with Crippen molar-refractivity contribution in [2.45, 2.75) is 0 Å². The van der Waals surface area contributed by atoms with Crippen LogP contribution in [0.25, 0.3) is 0 Å². The van der Waals surface area contributed by atoms with Gasteiger partial charge in [0.2, 0.25) is 0 Å². The first-order valence-corrected chi connectivity index (χ1v) is 5.07. The quantitative estimate of drug-likeness (QED) is 0.636. The van der Waals surface area contributed by atoms with Crippen LogP contribution >= 0.6 is 0 Å². The third-order valence-corrected chi connectivity index (χ3v) is 2.06. The second-order valence-corrected chi connectivity index (χ2v) is 3.33. The molecule has 1 aromatic carbocycles. The number of hydrogen-bond donors (Lipinski definition) is 4. The van der Waals surface area contributed by atoms with Crippen molar-refractivity contribution in [1.29, 1.82) is 0 Å². The Kier molecular flexibility index (Phi) is 4.92. The van der Waals surface area contributed by atoms with Crippen LogP contribution in [0.3, 0.4) is 0 Å². The summed E-state index contributed by atoms with van der Waals surface area (Å²) in [5.74, 6) is -4.20. The first-order chi connectivity index (χ1) is 9.43. The molecule has 1 heterocycles. The Bertz CT molecular complexity index is 606. The van der Waals surface area contributed by atoms with E-state index in [1.165, 1.54) is 0 Å². The number of aromatic carboxylic acids is 3. The Morgan fingerprint density at radius 2 is 1.40 bits per heavy atom. The molecule has 0 saturated carbocycles. The van der Waals surface area contributed by atoms with Gasteiger partial charge >= 0.3 is 17.9 Å². The number of carboxylic acid groups (broad SMARTS) is 3. The minimum atomic E-state index is -1.48. The molecule has 2 aromatic rings. The number of aromatic amines is 1. The Hall–Kier alpha value is -3.23. The van der Waals surface area contributed by atoms with Gasteiger partial charge in [-0.15, -0.1) is 0 Å². The van der Waals surface area contributed by atoms with Crippen LogP contribution in [0, 0.1) is 0 Å². The van der Waals surface area contributed by atoms with E-state index in [2.05, 4.69) is 15.4 Å². The van der Waals surface area contributed by atoms with E-state index in [0.717, 1.165) is 18.2 Å². The molecule has 9 nitrogen and oxygen atoms in total. The molecular weight excluding hydrogens is 270 g/mol. The molecular formula is C11H9N3O6. The topological polar surface area (TPSA) is 153 Å². The third-order valence-electron chi connectivity index (χ3n) is 2.06. The van der Waals surface area contributed by atoms with Crippen molar-refractivity contribution in [3.05, 3.63) is 47.3 Å². The lowest BCUT2D eigenvalue weighted by atomic mass is 10.0. The highest BCUT2D eigenvalue weighted by Crippen LogP contribution is 2.12. The summed E-state index contributed by atoms with van der Waals surface area (Å²) in [4.78, 5) is 31.8. The SMILES string of the molecule is O=C(O)c1ccc(C(=O)O)c(C(=O)O)c1.c1cn[nH]n1. The maximum absolute atomic E-state index is 10.6. The Balaban J connectivity index is 0.000000333. The minimum absolute atomic E-state index is 0.266. The summed E-state index contributed by atoms with van der Waals surface area (Å²) in [7, 11) is 0. The van der Waals surface area contributed by atoms with E-state index in [4.69, 9.17) is 15.3 Å². The van der Waals surface area contributed by atoms with Gasteiger partial charge in [0, 0.05) is 0 Å². The molecule has 1 aromatic heterocycles. The zero-order chi connectivity index (χ0) is 15.1. The molecule has 0 amide bonds. The summed E-state index contributed by atoms with van der Waals surface area (Å²) in [6, 6.07) is 2.81. The average molecular weight is 279 g/mol. The standard InChI is InChI=1S/C9H6O6.C2H3N3/c10-7(11)4-1-2-5(8(12)13)6(3-4)9(14)15;1-2-4-5-3-1/h1-3H,(H,10,11)(H,12,13)(H,14,15);1-2H,(H,3,4,5). The van der Waals surface area contributed by atoms with E-state index >= 15 is 0 Å². The Labute approximate surface area is 111 Å². The van der Waals surface area contributed by atoms with Gasteiger partial charge in [0.1, 0.15) is 0 Å². The normalized spacial score (nSPS) is 9.20. The first kappa shape index (κ1) is 14.8. The van der Waals surface area contributed by atoms with Gasteiger partial charge < -0.3 is 15.3 Å². The second-order valence-electron chi connectivity index (χ2n) is 3.33. The summed E-state index contributed by atoms with van der Waals surface area (Å²) < 4.78 is 0. The summed E-state index contributed by atoms with van der Waals surface area (Å²) in [6.07, 6.45) is 3.17. The van der Waals surface area contributed by atoms with Crippen molar-refractivity contribution in [3.63, 3.8) is 0 Å². The molecule has 0 unspecified atom stereocenters. The van der Waals surface area contributed by atoms with E-state index in [1.54, 1.807) is 12.4 Å². The van der Waals surface area contributed by atoms with Crippen LogP contribution in [0.2, 0.25) is 0 Å². The maximum atomic E-state index is 10.6. The molecule has 0 bridgehead atoms. The lowest BCUT2D eigenvalue weighted by Crippen LogP contribution is -2.10. The smallest absolute Gasteiger partial charge is 0.336 e. The zero-order valence-electron chi connectivity index (χ0n) is 9.85. The number of hydrogen-bond acceptors (Lipinski definition) is 5. The van der Waals surface area contributed by atoms with Gasteiger partial charge in [-0.3, -0.25) is 0 Å². The van der Waals surface area contributed by atoms with Crippen molar-refractivity contribution in [2.75, 3.05) is 0 Å². The van der Waals surface area contributed by atoms with Gasteiger partial charge in [-0.25, -0.2) is 14.4 Å². The Morgan fingerprint density at radius 3 is 1.75 bits per heavy atom. The molecule has 0 radical (unpaired) electrons. The van der Waals surface area contributed by atoms with Crippen molar-refractivity contribution >= 4 is 17.9 Å². The van der Waals surface area contributed by atoms with Gasteiger partial charge in [0.05, 0.1) is 29.1 Å². The van der Waals surface area contributed by atoms with E-state index < -0.39 is 29.0 Å². The van der Waals surface area contributed by atoms with Crippen LogP contribution in [0.5, 0.6) is 0 Å². The molecule has 0 fully saturated rings. The molecule has 0 spiro atoms. The minimum Gasteiger partial charge on any atom is -0.478 e. The van der Waals surface area contributed by atoms with Crippen LogP contribution in [0.4, 0.5) is 0 Å². The molecule has 9 heteroatoms. The maximum Gasteiger partial charge on any atom is 0.336 e. The highest BCUT2D eigenvalue weighted by Gasteiger charge is 2.17. The molecule has 0 aliphatic carbocycles. The van der Waals surface area contributed by atoms with Crippen molar-refractivity contribution in [1.82, 2.24) is 15.4 Å². The molecule has 2 rings (SSSR count). The zero-order valence-corrected chi connectivity index (χ0v) is 9.85. The van der Waals surface area contributed by atoms with Gasteiger partial charge in [-0.2, -0.15) is 15.4 Å². The van der Waals surface area contributed by atoms with Crippen LogP contribution in [-0.2, 0) is 0 Å². The highest BCUT2D eigenvalue weighted by molar-refractivity contribution is 6.03. The van der Waals surface area contributed by atoms with Crippen LogP contribution in [0.15, 0.2) is 30.6 Å². The number of nitrogens with zero attached hydrogens (tertiary/aromatic N) is 2. The monoisotopic (exact) mass is 279 g/mol. The molecule has 0 atom stereocenters. The highest BCUT2D eigenvalue weighted by atomic mass is 16.4. The number of H-pyrrole nitrogens is 1. The average Bonchev–Trinajstić information content (AvgIpc) is 2.96. The number of carboxylic acids is 3. The number of nitrogens with one attached hydrogen (secondary N) is 1. The molecule has 20 heavy (non-hydrogen) atoms. The summed E-state index contributed by atoms with van der Waals surface area (Å²) in [6.45, 7) is 0. The number of aromatic nitrogens is 3. The number of carbonyl (C=O) groups is 3. The van der Waals surface area contributed by atoms with Gasteiger partial charge in [-0.05, 0) is 18.2 Å². The Morgan fingerprint density at radius 1 is 0.850 bits per heavy atom. The van der Waals surface area contributed by atoms with Crippen molar-refractivity contribution in [2.24, 2.45) is 0 Å². The number of rotatable bonds is 3. The molecule has 0 aliphatic heterocycles. The summed E-state index contributed by atoms with van der Waals surface area (Å²) in [5.41, 5.74) is -1.24. The lowest BCUT2D eigenvalue weighted by molar-refractivity contribution is 0.0649. The fraction of sp³-hybridized carbons (Fsp3) is 0. The van der Waals surface area contributed by atoms with E-state index in [9.17, 15) is 14.4 Å². The lowest BCUT2D eigenvalue weighted by Gasteiger charge is -2.02. The molecule has 0 saturated heterocycles. The van der Waals surface area contributed by atoms with Crippen molar-refractivity contribution in [3.8, 4) is 0 Å². The fourth-order valence-electron chi connectivity index (χ4n) is 1.21. The van der Waals surface area contributed by atoms with Gasteiger partial charge in [-0.1, -0.05) is 0 Å². The second kappa shape index (κ2) is 6.64. The largest absolute Gasteiger partial charge is 0.478 e. The summed E-state index contributed by atoms with van der Waals surface area (Å²) in [5, 5.41) is 35.2. The molecule has 4 N–H and O–H groups in total. The molecule has 104 valence electrons. The first-order valence-electron chi connectivity index (χ1n) is 5.07. The fourth-order valence-corrected chi connectivity index (χ4v) is 1.21. The van der Waals surface area contributed by atoms with Gasteiger partial charge in [0.15, 0.2) is 0 Å². The van der Waals surface area contributed by atoms with Gasteiger partial charge in [0.25, 0.3) is 0 Å². The third kappa shape index (κ3) is 3.91. The predicted molar refractivity (Wildman–Crippen MR) is 63.7 cm³/mol. The van der Waals surface area contributed by atoms with Crippen LogP contribution in [-0.4, -0.2) is 48.6 Å². The van der Waals surface area contributed by atoms with E-state index in [0.29, 0.717) is 0 Å². The molecule has 0 aliphatic rings. The predicted octanol–water partition coefficient (Wildman–Crippen LogP) is 0.586.